The van der Waals surface area contributed by atoms with Gasteiger partial charge in [-0.15, -0.1) is 0 Å². The molecule has 1 atom stereocenters. The summed E-state index contributed by atoms with van der Waals surface area (Å²) < 4.78 is 22.6. The molecule has 1 aliphatic heterocycles. The first-order chi connectivity index (χ1) is 7.48. The maximum Gasteiger partial charge on any atom is 0.152 e. The average molecular weight is 261 g/mol. The second-order valence-electron chi connectivity index (χ2n) is 4.04. The Morgan fingerprint density at radius 1 is 1.56 bits per heavy atom. The average Bonchev–Trinajstić information content (AvgIpc) is 2.52. The Kier molecular flexibility index (Phi) is 3.08. The zero-order valence-corrected chi connectivity index (χ0v) is 10.5. The lowest BCUT2D eigenvalue weighted by Gasteiger charge is -2.15. The molecule has 6 heteroatoms. The molecule has 0 radical (unpaired) electrons. The predicted molar refractivity (Wildman–Crippen MR) is 64.7 cm³/mol. The van der Waals surface area contributed by atoms with Crippen molar-refractivity contribution < 1.29 is 8.42 Å². The lowest BCUT2D eigenvalue weighted by atomic mass is 10.2. The van der Waals surface area contributed by atoms with E-state index in [1.807, 2.05) is 13.0 Å². The minimum atomic E-state index is -2.87. The summed E-state index contributed by atoms with van der Waals surface area (Å²) in [5.41, 5.74) is 1.72. The Hall–Kier alpha value is -0.810. The third-order valence-electron chi connectivity index (χ3n) is 2.69. The van der Waals surface area contributed by atoms with Gasteiger partial charge in [0.15, 0.2) is 15.0 Å². The predicted octanol–water partition coefficient (Wildman–Crippen LogP) is 1.64. The van der Waals surface area contributed by atoms with Gasteiger partial charge in [0.05, 0.1) is 17.2 Å². The normalized spacial score (nSPS) is 23.2. The van der Waals surface area contributed by atoms with E-state index in [2.05, 4.69) is 10.3 Å². The number of sulfone groups is 1. The highest BCUT2D eigenvalue weighted by molar-refractivity contribution is 7.91. The molecule has 1 aliphatic rings. The van der Waals surface area contributed by atoms with Gasteiger partial charge in [-0.3, -0.25) is 0 Å². The Morgan fingerprint density at radius 3 is 2.88 bits per heavy atom. The van der Waals surface area contributed by atoms with Crippen molar-refractivity contribution in [1.29, 1.82) is 0 Å². The molecule has 2 rings (SSSR count). The highest BCUT2D eigenvalue weighted by Gasteiger charge is 2.28. The number of hydrogen-bond donors (Lipinski definition) is 1. The molecule has 0 aliphatic carbocycles. The van der Waals surface area contributed by atoms with Crippen LogP contribution in [0.3, 0.4) is 0 Å². The van der Waals surface area contributed by atoms with E-state index in [1.54, 1.807) is 6.20 Å². The third-order valence-corrected chi connectivity index (χ3v) is 4.75. The van der Waals surface area contributed by atoms with Gasteiger partial charge in [0.2, 0.25) is 0 Å². The molecule has 1 fully saturated rings. The minimum absolute atomic E-state index is 0.0506. The van der Waals surface area contributed by atoms with E-state index in [4.69, 9.17) is 11.6 Å². The molecule has 0 aromatic carbocycles. The molecule has 1 saturated heterocycles. The Balaban J connectivity index is 2.16. The van der Waals surface area contributed by atoms with Crippen molar-refractivity contribution in [1.82, 2.24) is 4.98 Å². The molecular weight excluding hydrogens is 248 g/mol. The Labute approximate surface area is 99.9 Å². The van der Waals surface area contributed by atoms with Crippen LogP contribution in [0.15, 0.2) is 12.3 Å². The summed E-state index contributed by atoms with van der Waals surface area (Å²) in [6.07, 6.45) is 2.27. The van der Waals surface area contributed by atoms with Gasteiger partial charge in [-0.25, -0.2) is 13.4 Å². The molecule has 0 spiro atoms. The topological polar surface area (TPSA) is 59.1 Å². The molecule has 4 nitrogen and oxygen atoms in total. The van der Waals surface area contributed by atoms with E-state index >= 15 is 0 Å². The number of pyridine rings is 1. The van der Waals surface area contributed by atoms with Crippen LogP contribution >= 0.6 is 11.6 Å². The minimum Gasteiger partial charge on any atom is -0.379 e. The molecule has 16 heavy (non-hydrogen) atoms. The Morgan fingerprint density at radius 2 is 2.31 bits per heavy atom. The van der Waals surface area contributed by atoms with E-state index in [0.29, 0.717) is 11.6 Å². The molecule has 1 unspecified atom stereocenters. The van der Waals surface area contributed by atoms with Gasteiger partial charge in [0.1, 0.15) is 0 Å². The monoisotopic (exact) mass is 260 g/mol. The van der Waals surface area contributed by atoms with Gasteiger partial charge in [0.25, 0.3) is 0 Å². The highest BCUT2D eigenvalue weighted by atomic mass is 35.5. The number of rotatable bonds is 2. The van der Waals surface area contributed by atoms with Crippen molar-refractivity contribution in [3.63, 3.8) is 0 Å². The zero-order chi connectivity index (χ0) is 11.8. The van der Waals surface area contributed by atoms with Crippen molar-refractivity contribution in [2.45, 2.75) is 19.4 Å². The van der Waals surface area contributed by atoms with Crippen LogP contribution in [0.2, 0.25) is 5.15 Å². The first kappa shape index (κ1) is 11.7. The second-order valence-corrected chi connectivity index (χ2v) is 6.62. The number of anilines is 1. The lowest BCUT2D eigenvalue weighted by molar-refractivity contribution is 0.602. The lowest BCUT2D eigenvalue weighted by Crippen LogP contribution is -2.21. The first-order valence-electron chi connectivity index (χ1n) is 5.06. The van der Waals surface area contributed by atoms with Crippen molar-refractivity contribution >= 4 is 27.1 Å². The van der Waals surface area contributed by atoms with Crippen LogP contribution in [0, 0.1) is 6.92 Å². The summed E-state index contributed by atoms with van der Waals surface area (Å²) in [4.78, 5) is 3.97. The first-order valence-corrected chi connectivity index (χ1v) is 7.26. The summed E-state index contributed by atoms with van der Waals surface area (Å²) in [5, 5.41) is 3.55. The second kappa shape index (κ2) is 4.22. The molecule has 1 aromatic rings. The zero-order valence-electron chi connectivity index (χ0n) is 8.90. The number of nitrogens with zero attached hydrogens (tertiary/aromatic N) is 1. The van der Waals surface area contributed by atoms with Crippen LogP contribution < -0.4 is 5.32 Å². The van der Waals surface area contributed by atoms with Gasteiger partial charge >= 0.3 is 0 Å². The van der Waals surface area contributed by atoms with Crippen LogP contribution in [0.5, 0.6) is 0 Å². The SMILES string of the molecule is Cc1ccnc(Cl)c1NC1CCS(=O)(=O)C1. The summed E-state index contributed by atoms with van der Waals surface area (Å²) >= 11 is 5.96. The van der Waals surface area contributed by atoms with Crippen LogP contribution in [-0.4, -0.2) is 30.9 Å². The molecule has 1 aromatic heterocycles. The van der Waals surface area contributed by atoms with Gasteiger partial charge in [0, 0.05) is 12.2 Å². The van der Waals surface area contributed by atoms with E-state index < -0.39 is 9.84 Å². The van der Waals surface area contributed by atoms with Crippen molar-refractivity contribution in [2.75, 3.05) is 16.8 Å². The number of halogens is 1. The summed E-state index contributed by atoms with van der Waals surface area (Å²) in [7, 11) is -2.87. The molecule has 0 saturated carbocycles. The maximum atomic E-state index is 11.3. The van der Waals surface area contributed by atoms with Gasteiger partial charge in [-0.1, -0.05) is 11.6 Å². The molecular formula is C10H13ClN2O2S. The fourth-order valence-corrected chi connectivity index (χ4v) is 3.74. The molecule has 0 bridgehead atoms. The maximum absolute atomic E-state index is 11.3. The van der Waals surface area contributed by atoms with Crippen molar-refractivity contribution in [3.8, 4) is 0 Å². The summed E-state index contributed by atoms with van der Waals surface area (Å²) in [5.74, 6) is 0.430. The smallest absolute Gasteiger partial charge is 0.152 e. The van der Waals surface area contributed by atoms with E-state index in [9.17, 15) is 8.42 Å². The van der Waals surface area contributed by atoms with Gasteiger partial charge in [-0.2, -0.15) is 0 Å². The fraction of sp³-hybridized carbons (Fsp3) is 0.500. The van der Waals surface area contributed by atoms with Crippen LogP contribution in [0.25, 0.3) is 0 Å². The fourth-order valence-electron chi connectivity index (χ4n) is 1.81. The van der Waals surface area contributed by atoms with Crippen LogP contribution in [-0.2, 0) is 9.84 Å². The van der Waals surface area contributed by atoms with Gasteiger partial charge in [-0.05, 0) is 25.0 Å². The van der Waals surface area contributed by atoms with Crippen molar-refractivity contribution in [2.24, 2.45) is 0 Å². The van der Waals surface area contributed by atoms with Gasteiger partial charge < -0.3 is 5.32 Å². The number of nitrogens with one attached hydrogen (secondary N) is 1. The third kappa shape index (κ3) is 2.47. The molecule has 2 heterocycles. The largest absolute Gasteiger partial charge is 0.379 e. The Bertz CT molecular complexity index is 481. The highest BCUT2D eigenvalue weighted by Crippen LogP contribution is 2.26. The molecule has 0 amide bonds. The summed E-state index contributed by atoms with van der Waals surface area (Å²) in [6.45, 7) is 1.92. The van der Waals surface area contributed by atoms with E-state index in [1.165, 1.54) is 0 Å². The molecule has 88 valence electrons. The van der Waals surface area contributed by atoms with E-state index in [0.717, 1.165) is 11.3 Å². The van der Waals surface area contributed by atoms with Crippen LogP contribution in [0.1, 0.15) is 12.0 Å². The van der Waals surface area contributed by atoms with Crippen LogP contribution in [0.4, 0.5) is 5.69 Å². The number of aromatic nitrogens is 1. The number of aryl methyl sites for hydroxylation is 1. The van der Waals surface area contributed by atoms with Crippen molar-refractivity contribution in [3.05, 3.63) is 23.0 Å². The number of hydrogen-bond acceptors (Lipinski definition) is 4. The summed E-state index contributed by atoms with van der Waals surface area (Å²) in [6, 6.07) is 1.79. The quantitative estimate of drug-likeness (QED) is 0.822. The van der Waals surface area contributed by atoms with E-state index in [-0.39, 0.29) is 17.5 Å². The molecule has 1 N–H and O–H groups in total. The standard InChI is InChI=1S/C10H13ClN2O2S/c1-7-2-4-12-10(11)9(7)13-8-3-5-16(14,15)6-8/h2,4,8,13H,3,5-6H2,1H3.